The van der Waals surface area contributed by atoms with Gasteiger partial charge in [-0.15, -0.1) is 0 Å². The van der Waals surface area contributed by atoms with Gasteiger partial charge >= 0.3 is 5.97 Å². The van der Waals surface area contributed by atoms with Gasteiger partial charge in [-0.2, -0.15) is 0 Å². The molecule has 2 N–H and O–H groups in total. The molecule has 1 aliphatic rings. The molecule has 3 unspecified atom stereocenters. The molecule has 0 aromatic carbocycles. The van der Waals surface area contributed by atoms with Crippen LogP contribution in [0.4, 0.5) is 0 Å². The molecular weight excluding hydrogens is 220 g/mol. The molecule has 100 valence electrons. The third-order valence-corrected chi connectivity index (χ3v) is 3.68. The topological polar surface area (TPSA) is 66.8 Å². The summed E-state index contributed by atoms with van der Waals surface area (Å²) < 4.78 is 5.59. The van der Waals surface area contributed by atoms with Crippen LogP contribution in [0.3, 0.4) is 0 Å². The summed E-state index contributed by atoms with van der Waals surface area (Å²) in [7, 11) is 0. The molecule has 1 fully saturated rings. The van der Waals surface area contributed by atoms with Gasteiger partial charge in [0, 0.05) is 19.4 Å². The summed E-state index contributed by atoms with van der Waals surface area (Å²) in [5.74, 6) is -1.41. The summed E-state index contributed by atoms with van der Waals surface area (Å²) in [5, 5.41) is 19.9. The van der Waals surface area contributed by atoms with Crippen molar-refractivity contribution in [2.75, 3.05) is 6.61 Å². The molecular formula is C13H24O4. The van der Waals surface area contributed by atoms with E-state index < -0.39 is 17.5 Å². The average Bonchev–Trinajstić information content (AvgIpc) is 2.15. The van der Waals surface area contributed by atoms with E-state index in [4.69, 9.17) is 4.74 Å². The third kappa shape index (κ3) is 3.19. The smallest absolute Gasteiger partial charge is 0.309 e. The van der Waals surface area contributed by atoms with Crippen LogP contribution in [0.25, 0.3) is 0 Å². The first-order valence-corrected chi connectivity index (χ1v) is 6.34. The van der Waals surface area contributed by atoms with Gasteiger partial charge in [0.2, 0.25) is 0 Å². The lowest BCUT2D eigenvalue weighted by molar-refractivity contribution is -0.176. The minimum Gasteiger partial charge on any atom is -0.481 e. The Labute approximate surface area is 103 Å². The predicted molar refractivity (Wildman–Crippen MR) is 64.7 cm³/mol. The van der Waals surface area contributed by atoms with E-state index in [1.807, 2.05) is 27.7 Å². The molecule has 0 bridgehead atoms. The zero-order valence-corrected chi connectivity index (χ0v) is 11.1. The molecule has 1 rings (SSSR count). The van der Waals surface area contributed by atoms with Gasteiger partial charge < -0.3 is 14.9 Å². The van der Waals surface area contributed by atoms with Crippen molar-refractivity contribution in [2.24, 2.45) is 17.8 Å². The monoisotopic (exact) mass is 244 g/mol. The van der Waals surface area contributed by atoms with Crippen molar-refractivity contribution in [2.45, 2.75) is 52.2 Å². The molecule has 17 heavy (non-hydrogen) atoms. The fourth-order valence-electron chi connectivity index (χ4n) is 2.74. The van der Waals surface area contributed by atoms with Gasteiger partial charge in [0.05, 0.1) is 17.6 Å². The fraction of sp³-hybridized carbons (Fsp3) is 0.923. The van der Waals surface area contributed by atoms with Crippen LogP contribution in [0.5, 0.6) is 0 Å². The number of ether oxygens (including phenoxy) is 1. The van der Waals surface area contributed by atoms with Crippen LogP contribution in [0.1, 0.15) is 40.5 Å². The third-order valence-electron chi connectivity index (χ3n) is 3.68. The van der Waals surface area contributed by atoms with Crippen molar-refractivity contribution < 1.29 is 19.7 Å². The highest BCUT2D eigenvalue weighted by molar-refractivity contribution is 5.71. The molecule has 0 radical (unpaired) electrons. The molecule has 0 aliphatic carbocycles. The molecule has 3 atom stereocenters. The van der Waals surface area contributed by atoms with Crippen LogP contribution in [0.15, 0.2) is 0 Å². The SMILES string of the molecule is CC(C)C1CC(O)(C(C(=O)O)C(C)C)CCO1. The summed E-state index contributed by atoms with van der Waals surface area (Å²) in [6.45, 7) is 8.19. The predicted octanol–water partition coefficient (Wildman–Crippen LogP) is 1.91. The molecule has 1 aliphatic heterocycles. The molecule has 1 heterocycles. The van der Waals surface area contributed by atoms with E-state index in [9.17, 15) is 15.0 Å². The van der Waals surface area contributed by atoms with Crippen LogP contribution < -0.4 is 0 Å². The Bertz CT molecular complexity index is 275. The highest BCUT2D eigenvalue weighted by Crippen LogP contribution is 2.37. The van der Waals surface area contributed by atoms with Crippen molar-refractivity contribution in [1.29, 1.82) is 0 Å². The Morgan fingerprint density at radius 1 is 1.35 bits per heavy atom. The van der Waals surface area contributed by atoms with Crippen molar-refractivity contribution >= 4 is 5.97 Å². The maximum absolute atomic E-state index is 11.3. The van der Waals surface area contributed by atoms with Crippen LogP contribution in [-0.2, 0) is 9.53 Å². The van der Waals surface area contributed by atoms with E-state index in [0.29, 0.717) is 25.4 Å². The van der Waals surface area contributed by atoms with Crippen molar-refractivity contribution in [3.05, 3.63) is 0 Å². The zero-order valence-electron chi connectivity index (χ0n) is 11.1. The van der Waals surface area contributed by atoms with E-state index in [2.05, 4.69) is 0 Å². The molecule has 0 amide bonds. The largest absolute Gasteiger partial charge is 0.481 e. The number of aliphatic carboxylic acids is 1. The fourth-order valence-corrected chi connectivity index (χ4v) is 2.74. The van der Waals surface area contributed by atoms with Crippen molar-refractivity contribution in [3.8, 4) is 0 Å². The lowest BCUT2D eigenvalue weighted by atomic mass is 9.72. The zero-order chi connectivity index (χ0) is 13.2. The molecule has 0 aromatic rings. The van der Waals surface area contributed by atoms with Crippen molar-refractivity contribution in [3.63, 3.8) is 0 Å². The van der Waals surface area contributed by atoms with Gasteiger partial charge in [-0.3, -0.25) is 4.79 Å². The Morgan fingerprint density at radius 3 is 2.35 bits per heavy atom. The first kappa shape index (κ1) is 14.5. The van der Waals surface area contributed by atoms with E-state index >= 15 is 0 Å². The Morgan fingerprint density at radius 2 is 1.94 bits per heavy atom. The van der Waals surface area contributed by atoms with Gasteiger partial charge in [0.25, 0.3) is 0 Å². The lowest BCUT2D eigenvalue weighted by Crippen LogP contribution is -2.52. The Kier molecular flexibility index (Phi) is 4.55. The second kappa shape index (κ2) is 5.36. The minimum atomic E-state index is -1.13. The molecule has 4 nitrogen and oxygen atoms in total. The van der Waals surface area contributed by atoms with E-state index in [1.165, 1.54) is 0 Å². The quantitative estimate of drug-likeness (QED) is 0.792. The number of carboxylic acid groups (broad SMARTS) is 1. The molecule has 0 aromatic heterocycles. The summed E-state index contributed by atoms with van der Waals surface area (Å²) in [6, 6.07) is 0. The molecule has 0 spiro atoms. The standard InChI is InChI=1S/C13H24O4/c1-8(2)10-7-13(16,5-6-17-10)11(9(3)4)12(14)15/h8-11,16H,5-7H2,1-4H3,(H,14,15). The van der Waals surface area contributed by atoms with Crippen LogP contribution in [0, 0.1) is 17.8 Å². The van der Waals surface area contributed by atoms with Crippen LogP contribution in [-0.4, -0.2) is 34.5 Å². The van der Waals surface area contributed by atoms with Gasteiger partial charge in [-0.05, 0) is 11.8 Å². The van der Waals surface area contributed by atoms with Gasteiger partial charge in [-0.1, -0.05) is 27.7 Å². The highest BCUT2D eigenvalue weighted by Gasteiger charge is 2.47. The molecule has 4 heteroatoms. The van der Waals surface area contributed by atoms with Crippen LogP contribution >= 0.6 is 0 Å². The van der Waals surface area contributed by atoms with Crippen LogP contribution in [0.2, 0.25) is 0 Å². The number of hydrogen-bond acceptors (Lipinski definition) is 3. The number of rotatable bonds is 4. The van der Waals surface area contributed by atoms with E-state index in [1.54, 1.807) is 0 Å². The molecule has 1 saturated heterocycles. The highest BCUT2D eigenvalue weighted by atomic mass is 16.5. The second-order valence-electron chi connectivity index (χ2n) is 5.77. The summed E-state index contributed by atoms with van der Waals surface area (Å²) in [4.78, 5) is 11.3. The normalized spacial score (nSPS) is 31.8. The van der Waals surface area contributed by atoms with Gasteiger partial charge in [0.15, 0.2) is 0 Å². The molecule has 0 saturated carbocycles. The first-order chi connectivity index (χ1) is 7.78. The lowest BCUT2D eigenvalue weighted by Gasteiger charge is -2.43. The van der Waals surface area contributed by atoms with E-state index in [-0.39, 0.29) is 12.0 Å². The Hall–Kier alpha value is -0.610. The van der Waals surface area contributed by atoms with E-state index in [0.717, 1.165) is 0 Å². The van der Waals surface area contributed by atoms with Gasteiger partial charge in [-0.25, -0.2) is 0 Å². The summed E-state index contributed by atoms with van der Waals surface area (Å²) in [6.07, 6.45) is 0.778. The Balaban J connectivity index is 2.87. The summed E-state index contributed by atoms with van der Waals surface area (Å²) >= 11 is 0. The average molecular weight is 244 g/mol. The maximum atomic E-state index is 11.3. The minimum absolute atomic E-state index is 0.0469. The van der Waals surface area contributed by atoms with Gasteiger partial charge in [0.1, 0.15) is 0 Å². The summed E-state index contributed by atoms with van der Waals surface area (Å²) in [5.41, 5.74) is -1.13. The number of carbonyl (C=O) groups is 1. The van der Waals surface area contributed by atoms with Crippen molar-refractivity contribution in [1.82, 2.24) is 0 Å². The number of hydrogen-bond donors (Lipinski definition) is 2. The number of aliphatic hydroxyl groups is 1. The second-order valence-corrected chi connectivity index (χ2v) is 5.77. The first-order valence-electron chi connectivity index (χ1n) is 6.34. The maximum Gasteiger partial charge on any atom is 0.309 e. The number of carboxylic acids is 1.